The van der Waals surface area contributed by atoms with Crippen molar-refractivity contribution < 1.29 is 0 Å². The van der Waals surface area contributed by atoms with Gasteiger partial charge >= 0.3 is 0 Å². The monoisotopic (exact) mass is 260 g/mol. The van der Waals surface area contributed by atoms with Crippen LogP contribution in [0.3, 0.4) is 0 Å². The molecule has 19 heavy (non-hydrogen) atoms. The Morgan fingerprint density at radius 3 is 2.74 bits per heavy atom. The summed E-state index contributed by atoms with van der Waals surface area (Å²) in [6.45, 7) is 7.06. The van der Waals surface area contributed by atoms with Crippen LogP contribution in [-0.4, -0.2) is 19.7 Å². The number of hydrogen-bond acceptors (Lipinski definition) is 5. The smallest absolute Gasteiger partial charge is 0.165 e. The van der Waals surface area contributed by atoms with E-state index in [1.165, 1.54) is 0 Å². The Bertz CT molecular complexity index is 535. The quantitative estimate of drug-likeness (QED) is 0.634. The van der Waals surface area contributed by atoms with Crippen molar-refractivity contribution in [1.29, 1.82) is 0 Å². The van der Waals surface area contributed by atoms with E-state index in [-0.39, 0.29) is 0 Å². The van der Waals surface area contributed by atoms with Crippen LogP contribution in [0.15, 0.2) is 12.4 Å². The van der Waals surface area contributed by atoms with Crippen LogP contribution in [-0.2, 0) is 13.0 Å². The van der Waals surface area contributed by atoms with Gasteiger partial charge in [0.1, 0.15) is 5.82 Å². The molecule has 0 saturated heterocycles. The number of aryl methyl sites for hydroxylation is 2. The summed E-state index contributed by atoms with van der Waals surface area (Å²) in [6.07, 6.45) is 5.65. The van der Waals surface area contributed by atoms with Crippen LogP contribution in [0.25, 0.3) is 11.4 Å². The topological polar surface area (TPSA) is 81.7 Å². The fourth-order valence-corrected chi connectivity index (χ4v) is 2.01. The third-order valence-electron chi connectivity index (χ3n) is 3.06. The van der Waals surface area contributed by atoms with Crippen LogP contribution >= 0.6 is 0 Å². The summed E-state index contributed by atoms with van der Waals surface area (Å²) in [4.78, 5) is 9.03. The summed E-state index contributed by atoms with van der Waals surface area (Å²) in [5, 5.41) is 4.30. The number of rotatable bonds is 5. The zero-order chi connectivity index (χ0) is 13.8. The van der Waals surface area contributed by atoms with Crippen LogP contribution in [0.5, 0.6) is 0 Å². The van der Waals surface area contributed by atoms with E-state index < -0.39 is 0 Å². The molecule has 2 heterocycles. The fourth-order valence-electron chi connectivity index (χ4n) is 2.01. The first kappa shape index (κ1) is 13.5. The third kappa shape index (κ3) is 2.73. The van der Waals surface area contributed by atoms with Gasteiger partial charge in [-0.3, -0.25) is 4.68 Å². The second kappa shape index (κ2) is 5.79. The molecule has 0 spiro atoms. The van der Waals surface area contributed by atoms with E-state index >= 15 is 0 Å². The molecule has 0 aliphatic carbocycles. The highest BCUT2D eigenvalue weighted by Gasteiger charge is 2.11. The standard InChI is InChI=1S/C13H20N6/c1-4-6-19-8-10(7-15-19)13-16-11(5-2)9(3)12(17-13)18-14/h7-8H,4-6,14H2,1-3H3,(H,16,17,18). The minimum absolute atomic E-state index is 0.665. The number of nitrogen functional groups attached to an aromatic ring is 1. The van der Waals surface area contributed by atoms with Crippen molar-refractivity contribution in [2.45, 2.75) is 40.2 Å². The van der Waals surface area contributed by atoms with Gasteiger partial charge in [0.05, 0.1) is 11.8 Å². The molecule has 0 aliphatic rings. The lowest BCUT2D eigenvalue weighted by Gasteiger charge is -2.09. The van der Waals surface area contributed by atoms with Gasteiger partial charge in [0, 0.05) is 24.0 Å². The van der Waals surface area contributed by atoms with Crippen molar-refractivity contribution in [2.75, 3.05) is 5.43 Å². The van der Waals surface area contributed by atoms with Gasteiger partial charge in [-0.1, -0.05) is 13.8 Å². The molecular formula is C13H20N6. The minimum atomic E-state index is 0.665. The molecule has 2 rings (SSSR count). The van der Waals surface area contributed by atoms with Crippen molar-refractivity contribution in [3.8, 4) is 11.4 Å². The zero-order valence-electron chi connectivity index (χ0n) is 11.6. The number of nitrogens with zero attached hydrogens (tertiary/aromatic N) is 4. The molecule has 0 unspecified atom stereocenters. The summed E-state index contributed by atoms with van der Waals surface area (Å²) in [5.74, 6) is 6.85. The molecule has 6 heteroatoms. The molecule has 0 bridgehead atoms. The second-order valence-electron chi connectivity index (χ2n) is 4.46. The Morgan fingerprint density at radius 1 is 1.32 bits per heavy atom. The van der Waals surface area contributed by atoms with E-state index in [0.29, 0.717) is 11.6 Å². The Morgan fingerprint density at radius 2 is 2.11 bits per heavy atom. The van der Waals surface area contributed by atoms with Gasteiger partial charge in [0.25, 0.3) is 0 Å². The maximum atomic E-state index is 5.51. The van der Waals surface area contributed by atoms with Crippen LogP contribution in [0.2, 0.25) is 0 Å². The highest BCUT2D eigenvalue weighted by molar-refractivity contribution is 5.58. The lowest BCUT2D eigenvalue weighted by molar-refractivity contribution is 0.603. The Labute approximate surface area is 113 Å². The van der Waals surface area contributed by atoms with Crippen LogP contribution < -0.4 is 11.3 Å². The van der Waals surface area contributed by atoms with E-state index in [9.17, 15) is 0 Å². The Hall–Kier alpha value is -1.95. The van der Waals surface area contributed by atoms with Crippen molar-refractivity contribution in [3.63, 3.8) is 0 Å². The van der Waals surface area contributed by atoms with Crippen molar-refractivity contribution in [3.05, 3.63) is 23.7 Å². The molecule has 0 atom stereocenters. The Kier molecular flexibility index (Phi) is 4.11. The maximum absolute atomic E-state index is 5.51. The number of anilines is 1. The van der Waals surface area contributed by atoms with E-state index in [1.54, 1.807) is 6.20 Å². The van der Waals surface area contributed by atoms with Crippen LogP contribution in [0.1, 0.15) is 31.5 Å². The summed E-state index contributed by atoms with van der Waals surface area (Å²) in [7, 11) is 0. The summed E-state index contributed by atoms with van der Waals surface area (Å²) >= 11 is 0. The van der Waals surface area contributed by atoms with Gasteiger partial charge in [-0.25, -0.2) is 15.8 Å². The predicted octanol–water partition coefficient (Wildman–Crippen LogP) is 1.91. The van der Waals surface area contributed by atoms with Gasteiger partial charge in [-0.2, -0.15) is 5.10 Å². The van der Waals surface area contributed by atoms with Gasteiger partial charge < -0.3 is 5.43 Å². The lowest BCUT2D eigenvalue weighted by Crippen LogP contribution is -2.13. The number of nitrogens with one attached hydrogen (secondary N) is 1. The average Bonchev–Trinajstić information content (AvgIpc) is 2.88. The predicted molar refractivity (Wildman–Crippen MR) is 75.5 cm³/mol. The first-order chi connectivity index (χ1) is 9.19. The normalized spacial score (nSPS) is 10.7. The fraction of sp³-hybridized carbons (Fsp3) is 0.462. The van der Waals surface area contributed by atoms with Gasteiger partial charge in [0.15, 0.2) is 5.82 Å². The van der Waals surface area contributed by atoms with Crippen LogP contribution in [0.4, 0.5) is 5.82 Å². The maximum Gasteiger partial charge on any atom is 0.165 e. The molecule has 0 aromatic carbocycles. The molecule has 0 radical (unpaired) electrons. The number of hydrazine groups is 1. The molecule has 0 aliphatic heterocycles. The molecule has 3 N–H and O–H groups in total. The minimum Gasteiger partial charge on any atom is -0.308 e. The van der Waals surface area contributed by atoms with E-state index in [1.807, 2.05) is 17.8 Å². The largest absolute Gasteiger partial charge is 0.308 e. The molecule has 102 valence electrons. The van der Waals surface area contributed by atoms with E-state index in [0.717, 1.165) is 36.2 Å². The first-order valence-corrected chi connectivity index (χ1v) is 6.56. The van der Waals surface area contributed by atoms with Gasteiger partial charge in [0.2, 0.25) is 0 Å². The summed E-state index contributed by atoms with van der Waals surface area (Å²) in [5.41, 5.74) is 5.55. The first-order valence-electron chi connectivity index (χ1n) is 6.56. The Balaban J connectivity index is 2.43. The van der Waals surface area contributed by atoms with Crippen molar-refractivity contribution in [1.82, 2.24) is 19.7 Å². The zero-order valence-corrected chi connectivity index (χ0v) is 11.6. The highest BCUT2D eigenvalue weighted by Crippen LogP contribution is 2.21. The van der Waals surface area contributed by atoms with Crippen molar-refractivity contribution >= 4 is 5.82 Å². The highest BCUT2D eigenvalue weighted by atomic mass is 15.3. The van der Waals surface area contributed by atoms with Gasteiger partial charge in [-0.05, 0) is 19.8 Å². The van der Waals surface area contributed by atoms with E-state index in [2.05, 4.69) is 34.3 Å². The third-order valence-corrected chi connectivity index (χ3v) is 3.06. The SMILES string of the molecule is CCCn1cc(-c2nc(CC)c(C)c(NN)n2)cn1. The molecule has 0 amide bonds. The van der Waals surface area contributed by atoms with Crippen LogP contribution in [0, 0.1) is 6.92 Å². The number of hydrogen-bond donors (Lipinski definition) is 2. The molecule has 2 aromatic heterocycles. The summed E-state index contributed by atoms with van der Waals surface area (Å²) < 4.78 is 1.90. The molecule has 0 fully saturated rings. The number of aromatic nitrogens is 4. The van der Waals surface area contributed by atoms with Crippen molar-refractivity contribution in [2.24, 2.45) is 5.84 Å². The lowest BCUT2D eigenvalue weighted by atomic mass is 10.2. The van der Waals surface area contributed by atoms with Gasteiger partial charge in [-0.15, -0.1) is 0 Å². The molecule has 6 nitrogen and oxygen atoms in total. The molecule has 2 aromatic rings. The number of nitrogens with two attached hydrogens (primary N) is 1. The molecular weight excluding hydrogens is 240 g/mol. The molecule has 0 saturated carbocycles. The second-order valence-corrected chi connectivity index (χ2v) is 4.46. The summed E-state index contributed by atoms with van der Waals surface area (Å²) in [6, 6.07) is 0. The average molecular weight is 260 g/mol. The van der Waals surface area contributed by atoms with E-state index in [4.69, 9.17) is 5.84 Å².